The lowest BCUT2D eigenvalue weighted by Crippen LogP contribution is -2.41. The Kier molecular flexibility index (Phi) is 6.49. The van der Waals surface area contributed by atoms with Crippen molar-refractivity contribution in [3.63, 3.8) is 0 Å². The fourth-order valence-corrected chi connectivity index (χ4v) is 2.67. The van der Waals surface area contributed by atoms with E-state index < -0.39 is 0 Å². The number of amides is 2. The van der Waals surface area contributed by atoms with Crippen molar-refractivity contribution in [1.29, 1.82) is 0 Å². The molecule has 1 aliphatic carbocycles. The van der Waals surface area contributed by atoms with Gasteiger partial charge in [-0.05, 0) is 32.3 Å². The highest BCUT2D eigenvalue weighted by Gasteiger charge is 2.14. The lowest BCUT2D eigenvalue weighted by atomic mass is 10.1. The van der Waals surface area contributed by atoms with Crippen LogP contribution in [0, 0.1) is 0 Å². The number of hydrogen-bond acceptors (Lipinski definition) is 3. The first-order chi connectivity index (χ1) is 10.6. The van der Waals surface area contributed by atoms with Gasteiger partial charge in [-0.25, -0.2) is 9.78 Å². The van der Waals surface area contributed by atoms with Crippen LogP contribution in [0.2, 0.25) is 0 Å². The Hall–Kier alpha value is -1.78. The van der Waals surface area contributed by atoms with Crippen molar-refractivity contribution >= 4 is 6.03 Å². The van der Waals surface area contributed by atoms with Crippen LogP contribution in [0.1, 0.15) is 57.9 Å². The predicted molar refractivity (Wildman–Crippen MR) is 86.9 cm³/mol. The van der Waals surface area contributed by atoms with Crippen molar-refractivity contribution in [2.24, 2.45) is 0 Å². The van der Waals surface area contributed by atoms with Crippen molar-refractivity contribution in [3.05, 3.63) is 23.9 Å². The Morgan fingerprint density at radius 1 is 1.27 bits per heavy atom. The minimum Gasteiger partial charge on any atom is -0.475 e. The molecule has 5 nitrogen and oxygen atoms in total. The molecule has 0 aliphatic heterocycles. The maximum Gasteiger partial charge on any atom is 0.315 e. The molecule has 0 unspecified atom stereocenters. The fourth-order valence-electron chi connectivity index (χ4n) is 2.67. The molecule has 0 atom stereocenters. The lowest BCUT2D eigenvalue weighted by Gasteiger charge is -2.16. The third-order valence-electron chi connectivity index (χ3n) is 3.80. The molecule has 0 radical (unpaired) electrons. The van der Waals surface area contributed by atoms with Gasteiger partial charge >= 0.3 is 6.03 Å². The normalized spacial score (nSPS) is 16.1. The number of rotatable bonds is 5. The van der Waals surface area contributed by atoms with Gasteiger partial charge in [0.1, 0.15) is 0 Å². The average molecular weight is 305 g/mol. The predicted octanol–water partition coefficient (Wildman–Crippen LogP) is 3.39. The number of pyridine rings is 1. The standard InChI is InChI=1S/C17H27N3O2/c1-13(2)22-16-10-9-14(11-18-16)12-19-17(21)20-15-7-5-3-4-6-8-15/h9-11,13,15H,3-8,12H2,1-2H3,(H2,19,20,21). The molecule has 2 rings (SSSR count). The number of urea groups is 1. The van der Waals surface area contributed by atoms with E-state index in [0.29, 0.717) is 18.5 Å². The van der Waals surface area contributed by atoms with Crippen LogP contribution < -0.4 is 15.4 Å². The average Bonchev–Trinajstić information content (AvgIpc) is 2.74. The van der Waals surface area contributed by atoms with Gasteiger partial charge < -0.3 is 15.4 Å². The van der Waals surface area contributed by atoms with E-state index in [9.17, 15) is 4.79 Å². The van der Waals surface area contributed by atoms with Crippen molar-refractivity contribution in [2.75, 3.05) is 0 Å². The van der Waals surface area contributed by atoms with E-state index in [2.05, 4.69) is 15.6 Å². The van der Waals surface area contributed by atoms with Gasteiger partial charge in [-0.2, -0.15) is 0 Å². The first-order valence-corrected chi connectivity index (χ1v) is 8.29. The summed E-state index contributed by atoms with van der Waals surface area (Å²) in [5, 5.41) is 5.97. The van der Waals surface area contributed by atoms with Gasteiger partial charge in [0.05, 0.1) is 6.10 Å². The van der Waals surface area contributed by atoms with Gasteiger partial charge in [-0.3, -0.25) is 0 Å². The maximum absolute atomic E-state index is 11.9. The summed E-state index contributed by atoms with van der Waals surface area (Å²) in [5.41, 5.74) is 0.965. The summed E-state index contributed by atoms with van der Waals surface area (Å²) in [7, 11) is 0. The minimum absolute atomic E-state index is 0.0885. The quantitative estimate of drug-likeness (QED) is 0.820. The second-order valence-electron chi connectivity index (χ2n) is 6.19. The summed E-state index contributed by atoms with van der Waals surface area (Å²) >= 11 is 0. The van der Waals surface area contributed by atoms with Crippen molar-refractivity contribution in [2.45, 2.75) is 71.1 Å². The number of hydrogen-bond donors (Lipinski definition) is 2. The second-order valence-corrected chi connectivity index (χ2v) is 6.19. The van der Waals surface area contributed by atoms with Crippen LogP contribution >= 0.6 is 0 Å². The van der Waals surface area contributed by atoms with Gasteiger partial charge in [-0.1, -0.05) is 31.7 Å². The first-order valence-electron chi connectivity index (χ1n) is 8.29. The third kappa shape index (κ3) is 5.92. The zero-order valence-electron chi connectivity index (χ0n) is 13.6. The Morgan fingerprint density at radius 3 is 2.59 bits per heavy atom. The molecular formula is C17H27N3O2. The van der Waals surface area contributed by atoms with Crippen molar-refractivity contribution in [1.82, 2.24) is 15.6 Å². The van der Waals surface area contributed by atoms with Crippen LogP contribution in [0.25, 0.3) is 0 Å². The molecule has 22 heavy (non-hydrogen) atoms. The highest BCUT2D eigenvalue weighted by atomic mass is 16.5. The maximum atomic E-state index is 11.9. The number of aromatic nitrogens is 1. The van der Waals surface area contributed by atoms with Crippen molar-refractivity contribution in [3.8, 4) is 5.88 Å². The molecule has 1 saturated carbocycles. The molecule has 0 bridgehead atoms. The summed E-state index contributed by atoms with van der Waals surface area (Å²) in [6.07, 6.45) is 9.04. The van der Waals surface area contributed by atoms with E-state index in [1.54, 1.807) is 6.20 Å². The van der Waals surface area contributed by atoms with Gasteiger partial charge in [0, 0.05) is 24.8 Å². The monoisotopic (exact) mass is 305 g/mol. The molecule has 1 heterocycles. The topological polar surface area (TPSA) is 63.2 Å². The van der Waals surface area contributed by atoms with Crippen LogP contribution in [0.5, 0.6) is 5.88 Å². The molecule has 1 aromatic rings. The molecule has 5 heteroatoms. The van der Waals surface area contributed by atoms with Gasteiger partial charge in [0.25, 0.3) is 0 Å². The molecule has 1 aromatic heterocycles. The van der Waals surface area contributed by atoms with Crippen LogP contribution in [0.4, 0.5) is 4.79 Å². The summed E-state index contributed by atoms with van der Waals surface area (Å²) in [6.45, 7) is 4.41. The number of carbonyl (C=O) groups is 1. The molecule has 2 N–H and O–H groups in total. The van der Waals surface area contributed by atoms with Gasteiger partial charge in [-0.15, -0.1) is 0 Å². The molecule has 122 valence electrons. The molecule has 1 fully saturated rings. The fraction of sp³-hybridized carbons (Fsp3) is 0.647. The second kappa shape index (κ2) is 8.61. The summed E-state index contributed by atoms with van der Waals surface area (Å²) in [4.78, 5) is 16.2. The zero-order chi connectivity index (χ0) is 15.8. The Bertz CT molecular complexity index is 451. The van der Waals surface area contributed by atoms with E-state index in [0.717, 1.165) is 18.4 Å². The van der Waals surface area contributed by atoms with Crippen LogP contribution in [0.15, 0.2) is 18.3 Å². The molecule has 0 saturated heterocycles. The molecular weight excluding hydrogens is 278 g/mol. The smallest absolute Gasteiger partial charge is 0.315 e. The highest BCUT2D eigenvalue weighted by molar-refractivity contribution is 5.74. The number of nitrogens with one attached hydrogen (secondary N) is 2. The minimum atomic E-state index is -0.0885. The lowest BCUT2D eigenvalue weighted by molar-refractivity contribution is 0.232. The van der Waals surface area contributed by atoms with Crippen LogP contribution in [-0.4, -0.2) is 23.2 Å². The molecule has 0 spiro atoms. The molecule has 0 aromatic carbocycles. The van der Waals surface area contributed by atoms with Crippen molar-refractivity contribution < 1.29 is 9.53 Å². The Labute approximate surface area is 132 Å². The van der Waals surface area contributed by atoms with E-state index in [4.69, 9.17) is 4.74 Å². The van der Waals surface area contributed by atoms with Crippen LogP contribution in [-0.2, 0) is 6.54 Å². The zero-order valence-corrected chi connectivity index (χ0v) is 13.6. The third-order valence-corrected chi connectivity index (χ3v) is 3.80. The van der Waals surface area contributed by atoms with E-state index in [1.165, 1.54) is 25.7 Å². The molecule has 1 aliphatic rings. The summed E-state index contributed by atoms with van der Waals surface area (Å²) in [5.74, 6) is 0.613. The largest absolute Gasteiger partial charge is 0.475 e. The number of carbonyl (C=O) groups excluding carboxylic acids is 1. The van der Waals surface area contributed by atoms with Gasteiger partial charge in [0.15, 0.2) is 0 Å². The van der Waals surface area contributed by atoms with Gasteiger partial charge in [0.2, 0.25) is 5.88 Å². The summed E-state index contributed by atoms with van der Waals surface area (Å²) < 4.78 is 5.50. The SMILES string of the molecule is CC(C)Oc1ccc(CNC(=O)NC2CCCCCC2)cn1. The highest BCUT2D eigenvalue weighted by Crippen LogP contribution is 2.17. The summed E-state index contributed by atoms with van der Waals surface area (Å²) in [6, 6.07) is 3.99. The van der Waals surface area contributed by atoms with Crippen LogP contribution in [0.3, 0.4) is 0 Å². The first kappa shape index (κ1) is 16.6. The number of nitrogens with zero attached hydrogens (tertiary/aromatic N) is 1. The Balaban J connectivity index is 1.73. The van der Waals surface area contributed by atoms with E-state index in [-0.39, 0.29) is 12.1 Å². The molecule has 2 amide bonds. The number of ether oxygens (including phenoxy) is 1. The van der Waals surface area contributed by atoms with E-state index >= 15 is 0 Å². The van der Waals surface area contributed by atoms with E-state index in [1.807, 2.05) is 26.0 Å². The Morgan fingerprint density at radius 2 is 2.00 bits per heavy atom.